The fourth-order valence-corrected chi connectivity index (χ4v) is 4.84. The largest absolute Gasteiger partial charge is 0.314 e. The minimum absolute atomic E-state index is 0.213. The number of nitrogens with one attached hydrogen (secondary N) is 1. The van der Waals surface area contributed by atoms with Gasteiger partial charge in [-0.15, -0.1) is 0 Å². The van der Waals surface area contributed by atoms with Crippen LogP contribution >= 0.6 is 0 Å². The third-order valence-corrected chi connectivity index (χ3v) is 6.94. The second kappa shape index (κ2) is 9.98. The van der Waals surface area contributed by atoms with Crippen molar-refractivity contribution in [1.29, 1.82) is 0 Å². The van der Waals surface area contributed by atoms with Crippen molar-refractivity contribution in [2.24, 2.45) is 0 Å². The average molecular weight is 437 g/mol. The van der Waals surface area contributed by atoms with Crippen molar-refractivity contribution in [1.82, 2.24) is 10.2 Å². The summed E-state index contributed by atoms with van der Waals surface area (Å²) in [4.78, 5) is 2.63. The molecule has 1 aliphatic rings. The van der Waals surface area contributed by atoms with Gasteiger partial charge in [-0.25, -0.2) is 17.2 Å². The molecule has 0 spiro atoms. The van der Waals surface area contributed by atoms with Crippen molar-refractivity contribution in [2.45, 2.75) is 43.0 Å². The molecule has 1 fully saturated rings. The van der Waals surface area contributed by atoms with Gasteiger partial charge in [-0.2, -0.15) is 0 Å². The predicted octanol–water partition coefficient (Wildman–Crippen LogP) is 3.96. The normalized spacial score (nSPS) is 17.2. The molecular weight excluding hydrogens is 406 g/mol. The third kappa shape index (κ3) is 6.09. The van der Waals surface area contributed by atoms with Gasteiger partial charge in [0.05, 0.1) is 4.90 Å². The molecule has 1 N–H and O–H groups in total. The molecule has 30 heavy (non-hydrogen) atoms. The first-order valence-corrected chi connectivity index (χ1v) is 12.4. The lowest BCUT2D eigenvalue weighted by Gasteiger charge is -2.33. The molecule has 0 unspecified atom stereocenters. The Kier molecular flexibility index (Phi) is 7.60. The van der Waals surface area contributed by atoms with Gasteiger partial charge in [0.2, 0.25) is 0 Å². The van der Waals surface area contributed by atoms with E-state index in [2.05, 4.69) is 17.1 Å². The average Bonchev–Trinajstić information content (AvgIpc) is 2.69. The lowest BCUT2D eigenvalue weighted by Crippen LogP contribution is -2.42. The van der Waals surface area contributed by atoms with E-state index in [1.54, 1.807) is 24.3 Å². The van der Waals surface area contributed by atoms with Crippen LogP contribution < -0.4 is 5.32 Å². The van der Waals surface area contributed by atoms with Crippen LogP contribution in [0.2, 0.25) is 0 Å². The van der Waals surface area contributed by atoms with Crippen LogP contribution in [0.15, 0.2) is 47.4 Å². The second-order valence-electron chi connectivity index (χ2n) is 8.06. The summed E-state index contributed by atoms with van der Waals surface area (Å²) in [7, 11) is -3.30. The number of likely N-dealkylation sites (tertiary alicyclic amines) is 1. The Hall–Kier alpha value is -1.83. The Balaban J connectivity index is 1.78. The standard InChI is InChI=1S/C23H30F2N2O2S/c1-3-26-21-8-11-27(12-9-21)13-10-23(18-14-19(24)16-20(25)15-18)17-4-6-22(7-5-17)30(2,28)29/h4-7,14-16,21,23,26H,3,8-13H2,1-2H3/t23-/m1/s1. The van der Waals surface area contributed by atoms with Crippen molar-refractivity contribution in [3.8, 4) is 0 Å². The number of nitrogens with zero attached hydrogens (tertiary/aromatic N) is 1. The Morgan fingerprint density at radius 3 is 2.17 bits per heavy atom. The lowest BCUT2D eigenvalue weighted by atomic mass is 9.88. The predicted molar refractivity (Wildman–Crippen MR) is 116 cm³/mol. The highest BCUT2D eigenvalue weighted by atomic mass is 32.2. The van der Waals surface area contributed by atoms with Gasteiger partial charge < -0.3 is 10.2 Å². The summed E-state index contributed by atoms with van der Waals surface area (Å²) in [5.41, 5.74) is 1.43. The fraction of sp³-hybridized carbons (Fsp3) is 0.478. The van der Waals surface area contributed by atoms with Crippen LogP contribution in [0.25, 0.3) is 0 Å². The maximum atomic E-state index is 13.9. The molecule has 0 radical (unpaired) electrons. The van der Waals surface area contributed by atoms with Crippen LogP contribution in [0.3, 0.4) is 0 Å². The lowest BCUT2D eigenvalue weighted by molar-refractivity contribution is 0.195. The van der Waals surface area contributed by atoms with Crippen molar-refractivity contribution in [3.05, 3.63) is 65.2 Å². The number of hydrogen-bond acceptors (Lipinski definition) is 4. The number of halogens is 2. The van der Waals surface area contributed by atoms with E-state index in [0.717, 1.165) is 50.7 Å². The monoisotopic (exact) mass is 436 g/mol. The van der Waals surface area contributed by atoms with E-state index in [-0.39, 0.29) is 10.8 Å². The number of hydrogen-bond donors (Lipinski definition) is 1. The number of rotatable bonds is 8. The fourth-order valence-electron chi connectivity index (χ4n) is 4.21. The van der Waals surface area contributed by atoms with E-state index < -0.39 is 21.5 Å². The number of sulfone groups is 1. The van der Waals surface area contributed by atoms with Gasteiger partial charge in [0.1, 0.15) is 11.6 Å². The smallest absolute Gasteiger partial charge is 0.175 e. The number of piperidine rings is 1. The van der Waals surface area contributed by atoms with Crippen LogP contribution in [0.1, 0.15) is 43.2 Å². The molecule has 1 aliphatic heterocycles. The Morgan fingerprint density at radius 2 is 1.63 bits per heavy atom. The van der Waals surface area contributed by atoms with Gasteiger partial charge in [0.15, 0.2) is 9.84 Å². The zero-order valence-electron chi connectivity index (χ0n) is 17.6. The summed E-state index contributed by atoms with van der Waals surface area (Å²) < 4.78 is 51.3. The molecule has 1 heterocycles. The van der Waals surface area contributed by atoms with Gasteiger partial charge in [-0.05, 0) is 80.8 Å². The first-order chi connectivity index (χ1) is 14.3. The highest BCUT2D eigenvalue weighted by Gasteiger charge is 2.22. The summed E-state index contributed by atoms with van der Waals surface area (Å²) in [6, 6.07) is 10.8. The second-order valence-corrected chi connectivity index (χ2v) is 10.1. The van der Waals surface area contributed by atoms with Crippen molar-refractivity contribution >= 4 is 9.84 Å². The topological polar surface area (TPSA) is 49.4 Å². The highest BCUT2D eigenvalue weighted by molar-refractivity contribution is 7.90. The van der Waals surface area contributed by atoms with Gasteiger partial charge in [-0.3, -0.25) is 0 Å². The SMILES string of the molecule is CCNC1CCN(CC[C@H](c2ccc(S(C)(=O)=O)cc2)c2cc(F)cc(F)c2)CC1. The highest BCUT2D eigenvalue weighted by Crippen LogP contribution is 2.30. The molecule has 7 heteroatoms. The van der Waals surface area contributed by atoms with Crippen LogP contribution in [-0.4, -0.2) is 51.8 Å². The van der Waals surface area contributed by atoms with Crippen molar-refractivity contribution in [3.63, 3.8) is 0 Å². The summed E-state index contributed by atoms with van der Waals surface area (Å²) in [5, 5.41) is 3.49. The van der Waals surface area contributed by atoms with E-state index in [4.69, 9.17) is 0 Å². The molecule has 3 rings (SSSR count). The molecule has 0 saturated carbocycles. The van der Waals surface area contributed by atoms with Crippen LogP contribution in [-0.2, 0) is 9.84 Å². The first-order valence-electron chi connectivity index (χ1n) is 10.5. The maximum Gasteiger partial charge on any atom is 0.175 e. The molecule has 0 amide bonds. The molecule has 0 aliphatic carbocycles. The maximum absolute atomic E-state index is 13.9. The quantitative estimate of drug-likeness (QED) is 0.681. The van der Waals surface area contributed by atoms with E-state index >= 15 is 0 Å². The summed E-state index contributed by atoms with van der Waals surface area (Å²) >= 11 is 0. The molecule has 164 valence electrons. The molecule has 0 aromatic heterocycles. The number of benzene rings is 2. The van der Waals surface area contributed by atoms with Gasteiger partial charge in [0.25, 0.3) is 0 Å². The molecular formula is C23H30F2N2O2S. The van der Waals surface area contributed by atoms with Gasteiger partial charge in [-0.1, -0.05) is 19.1 Å². The molecule has 2 aromatic rings. The summed E-state index contributed by atoms with van der Waals surface area (Å²) in [6.45, 7) is 5.89. The molecule has 1 atom stereocenters. The molecule has 4 nitrogen and oxygen atoms in total. The minimum atomic E-state index is -3.30. The minimum Gasteiger partial charge on any atom is -0.314 e. The van der Waals surface area contributed by atoms with Crippen LogP contribution in [0.5, 0.6) is 0 Å². The zero-order chi connectivity index (χ0) is 21.7. The van der Waals surface area contributed by atoms with E-state index in [9.17, 15) is 17.2 Å². The third-order valence-electron chi connectivity index (χ3n) is 5.81. The van der Waals surface area contributed by atoms with Crippen molar-refractivity contribution in [2.75, 3.05) is 32.4 Å². The summed E-state index contributed by atoms with van der Waals surface area (Å²) in [5.74, 6) is -1.42. The molecule has 1 saturated heterocycles. The van der Waals surface area contributed by atoms with Crippen LogP contribution in [0.4, 0.5) is 8.78 Å². The molecule has 0 bridgehead atoms. The van der Waals surface area contributed by atoms with E-state index in [1.165, 1.54) is 18.4 Å². The van der Waals surface area contributed by atoms with Gasteiger partial charge >= 0.3 is 0 Å². The van der Waals surface area contributed by atoms with Crippen LogP contribution in [0, 0.1) is 11.6 Å². The Labute approximate surface area is 178 Å². The van der Waals surface area contributed by atoms with E-state index in [0.29, 0.717) is 18.0 Å². The van der Waals surface area contributed by atoms with Crippen molar-refractivity contribution < 1.29 is 17.2 Å². The summed E-state index contributed by atoms with van der Waals surface area (Å²) in [6.07, 6.45) is 4.05. The Morgan fingerprint density at radius 1 is 1.03 bits per heavy atom. The first kappa shape index (κ1) is 22.8. The molecule has 2 aromatic carbocycles. The van der Waals surface area contributed by atoms with Gasteiger partial charge in [0, 0.05) is 24.3 Å². The van der Waals surface area contributed by atoms with E-state index in [1.807, 2.05) is 0 Å². The zero-order valence-corrected chi connectivity index (χ0v) is 18.4. The Bertz CT molecular complexity index is 920.